The lowest BCUT2D eigenvalue weighted by Gasteiger charge is -2.13. The third-order valence-electron chi connectivity index (χ3n) is 3.00. The van der Waals surface area contributed by atoms with E-state index in [1.54, 1.807) is 25.2 Å². The van der Waals surface area contributed by atoms with Crippen molar-refractivity contribution in [1.29, 1.82) is 0 Å². The molecule has 0 radical (unpaired) electrons. The summed E-state index contributed by atoms with van der Waals surface area (Å²) in [7, 11) is 1.78. The topological polar surface area (TPSA) is 81.0 Å². The van der Waals surface area contributed by atoms with Gasteiger partial charge >= 0.3 is 0 Å². The highest BCUT2D eigenvalue weighted by Crippen LogP contribution is 2.31. The molecular formula is C14H15IN4O2. The van der Waals surface area contributed by atoms with Gasteiger partial charge in [0.15, 0.2) is 5.82 Å². The fourth-order valence-corrected chi connectivity index (χ4v) is 3.09. The molecule has 0 amide bonds. The minimum absolute atomic E-state index is 0.00969. The summed E-state index contributed by atoms with van der Waals surface area (Å²) in [4.78, 5) is 19.7. The van der Waals surface area contributed by atoms with Crippen molar-refractivity contribution in [3.05, 3.63) is 43.6 Å². The van der Waals surface area contributed by atoms with Gasteiger partial charge in [-0.15, -0.1) is 0 Å². The molecule has 1 heterocycles. The zero-order valence-electron chi connectivity index (χ0n) is 11.9. The van der Waals surface area contributed by atoms with Crippen LogP contribution in [0, 0.1) is 13.7 Å². The van der Waals surface area contributed by atoms with Gasteiger partial charge in [-0.25, -0.2) is 9.97 Å². The zero-order chi connectivity index (χ0) is 15.6. The second kappa shape index (κ2) is 6.33. The lowest BCUT2D eigenvalue weighted by Crippen LogP contribution is -2.07. The predicted molar refractivity (Wildman–Crippen MR) is 90.5 cm³/mol. The highest BCUT2D eigenvalue weighted by Gasteiger charge is 2.20. The molecule has 0 spiro atoms. The van der Waals surface area contributed by atoms with Crippen LogP contribution in [0.4, 0.5) is 11.5 Å². The predicted octanol–water partition coefficient (Wildman–Crippen LogP) is 3.82. The van der Waals surface area contributed by atoms with Crippen LogP contribution in [0.1, 0.15) is 25.5 Å². The Bertz CT molecular complexity index is 689. The molecule has 0 aliphatic heterocycles. The first-order chi connectivity index (χ1) is 9.95. The second-order valence-electron chi connectivity index (χ2n) is 4.77. The molecule has 0 aliphatic rings. The minimum Gasteiger partial charge on any atom is -0.372 e. The number of aromatic nitrogens is 2. The van der Waals surface area contributed by atoms with E-state index in [-0.39, 0.29) is 11.6 Å². The fraction of sp³-hybridized carbons (Fsp3) is 0.286. The Morgan fingerprint density at radius 3 is 2.52 bits per heavy atom. The maximum absolute atomic E-state index is 11.2. The first-order valence-corrected chi connectivity index (χ1v) is 7.52. The highest BCUT2D eigenvalue weighted by atomic mass is 127. The molecule has 1 aromatic heterocycles. The van der Waals surface area contributed by atoms with Crippen LogP contribution in [-0.2, 0) is 0 Å². The Morgan fingerprint density at radius 2 is 1.95 bits per heavy atom. The van der Waals surface area contributed by atoms with Gasteiger partial charge < -0.3 is 5.32 Å². The van der Waals surface area contributed by atoms with E-state index in [4.69, 9.17) is 0 Å². The van der Waals surface area contributed by atoms with Crippen molar-refractivity contribution in [3.63, 3.8) is 0 Å². The molecule has 2 aromatic rings. The number of nitro benzene ring substituents is 1. The summed E-state index contributed by atoms with van der Waals surface area (Å²) in [6, 6.07) is 6.52. The summed E-state index contributed by atoms with van der Waals surface area (Å²) in [5.41, 5.74) is 1.32. The van der Waals surface area contributed by atoms with Crippen molar-refractivity contribution in [2.45, 2.75) is 19.8 Å². The van der Waals surface area contributed by atoms with Crippen LogP contribution < -0.4 is 5.32 Å². The van der Waals surface area contributed by atoms with Crippen LogP contribution in [0.25, 0.3) is 11.4 Å². The Hall–Kier alpha value is -1.77. The number of nitro groups is 1. The highest BCUT2D eigenvalue weighted by molar-refractivity contribution is 14.1. The summed E-state index contributed by atoms with van der Waals surface area (Å²) in [6.45, 7) is 4.07. The SMILES string of the molecule is CNc1nc(-c2ccccc2[N+](=O)[O-])nc(C(C)C)c1I. The van der Waals surface area contributed by atoms with Gasteiger partial charge in [0.2, 0.25) is 0 Å². The Morgan fingerprint density at radius 1 is 1.29 bits per heavy atom. The zero-order valence-corrected chi connectivity index (χ0v) is 14.1. The number of anilines is 1. The molecule has 0 bridgehead atoms. The maximum atomic E-state index is 11.2. The molecule has 0 aliphatic carbocycles. The number of benzene rings is 1. The number of nitrogens with one attached hydrogen (secondary N) is 1. The Balaban J connectivity index is 2.70. The van der Waals surface area contributed by atoms with Gasteiger partial charge in [0.05, 0.1) is 19.8 Å². The van der Waals surface area contributed by atoms with Gasteiger partial charge in [0.1, 0.15) is 5.82 Å². The first-order valence-electron chi connectivity index (χ1n) is 6.44. The van der Waals surface area contributed by atoms with E-state index in [0.29, 0.717) is 17.2 Å². The largest absolute Gasteiger partial charge is 0.372 e. The molecule has 110 valence electrons. The molecule has 0 saturated carbocycles. The smallest absolute Gasteiger partial charge is 0.280 e. The molecule has 0 atom stereocenters. The van der Waals surface area contributed by atoms with Crippen molar-refractivity contribution < 1.29 is 4.92 Å². The van der Waals surface area contributed by atoms with Crippen LogP contribution in [0.2, 0.25) is 0 Å². The second-order valence-corrected chi connectivity index (χ2v) is 5.85. The standard InChI is InChI=1S/C14H15IN4O2/c1-8(2)12-11(15)14(16-3)18-13(17-12)9-6-4-5-7-10(9)19(20)21/h4-8H,1-3H3,(H,16,17,18). The lowest BCUT2D eigenvalue weighted by molar-refractivity contribution is -0.384. The number of para-hydroxylation sites is 1. The average Bonchev–Trinajstić information content (AvgIpc) is 2.47. The van der Waals surface area contributed by atoms with E-state index in [1.807, 2.05) is 13.8 Å². The number of hydrogen-bond donors (Lipinski definition) is 1. The molecule has 7 heteroatoms. The van der Waals surface area contributed by atoms with Crippen LogP contribution in [0.15, 0.2) is 24.3 Å². The third-order valence-corrected chi connectivity index (χ3v) is 4.07. The number of halogens is 1. The van der Waals surface area contributed by atoms with Gasteiger partial charge in [-0.05, 0) is 34.6 Å². The lowest BCUT2D eigenvalue weighted by atomic mass is 10.1. The minimum atomic E-state index is -0.412. The fourth-order valence-electron chi connectivity index (χ4n) is 1.96. The molecule has 1 N–H and O–H groups in total. The van der Waals surface area contributed by atoms with E-state index < -0.39 is 4.92 Å². The van der Waals surface area contributed by atoms with Crippen LogP contribution in [0.5, 0.6) is 0 Å². The van der Waals surface area contributed by atoms with E-state index in [0.717, 1.165) is 9.26 Å². The maximum Gasteiger partial charge on any atom is 0.280 e. The molecule has 0 saturated heterocycles. The van der Waals surface area contributed by atoms with Crippen molar-refractivity contribution in [2.75, 3.05) is 12.4 Å². The molecular weight excluding hydrogens is 383 g/mol. The van der Waals surface area contributed by atoms with Crippen LogP contribution in [-0.4, -0.2) is 21.9 Å². The summed E-state index contributed by atoms with van der Waals surface area (Å²) in [5.74, 6) is 1.26. The van der Waals surface area contributed by atoms with E-state index >= 15 is 0 Å². The van der Waals surface area contributed by atoms with Gasteiger partial charge in [0.25, 0.3) is 5.69 Å². The molecule has 6 nitrogen and oxygen atoms in total. The summed E-state index contributed by atoms with van der Waals surface area (Å²) in [6.07, 6.45) is 0. The number of hydrogen-bond acceptors (Lipinski definition) is 5. The first kappa shape index (κ1) is 15.6. The van der Waals surface area contributed by atoms with Gasteiger partial charge in [-0.2, -0.15) is 0 Å². The van der Waals surface area contributed by atoms with Crippen molar-refractivity contribution >= 4 is 34.1 Å². The monoisotopic (exact) mass is 398 g/mol. The van der Waals surface area contributed by atoms with Crippen molar-refractivity contribution in [1.82, 2.24) is 9.97 Å². The molecule has 21 heavy (non-hydrogen) atoms. The number of nitrogens with zero attached hydrogens (tertiary/aromatic N) is 3. The van der Waals surface area contributed by atoms with E-state index in [9.17, 15) is 10.1 Å². The summed E-state index contributed by atoms with van der Waals surface area (Å²) >= 11 is 2.19. The van der Waals surface area contributed by atoms with E-state index in [1.165, 1.54) is 6.07 Å². The quantitative estimate of drug-likeness (QED) is 0.481. The Kier molecular flexibility index (Phi) is 4.71. The summed E-state index contributed by atoms with van der Waals surface area (Å²) < 4.78 is 0.937. The van der Waals surface area contributed by atoms with Crippen LogP contribution >= 0.6 is 22.6 Å². The number of rotatable bonds is 4. The average molecular weight is 398 g/mol. The van der Waals surface area contributed by atoms with Crippen molar-refractivity contribution in [3.8, 4) is 11.4 Å². The van der Waals surface area contributed by atoms with Gasteiger partial charge in [-0.1, -0.05) is 26.0 Å². The molecule has 0 fully saturated rings. The molecule has 1 aromatic carbocycles. The van der Waals surface area contributed by atoms with Gasteiger partial charge in [0, 0.05) is 13.1 Å². The van der Waals surface area contributed by atoms with Crippen LogP contribution in [0.3, 0.4) is 0 Å². The Labute approximate surface area is 136 Å². The third kappa shape index (κ3) is 3.12. The normalized spacial score (nSPS) is 10.7. The van der Waals surface area contributed by atoms with Gasteiger partial charge in [-0.3, -0.25) is 10.1 Å². The molecule has 2 rings (SSSR count). The summed E-state index contributed by atoms with van der Waals surface area (Å²) in [5, 5.41) is 14.2. The van der Waals surface area contributed by atoms with E-state index in [2.05, 4.69) is 37.9 Å². The molecule has 0 unspecified atom stereocenters. The van der Waals surface area contributed by atoms with Crippen molar-refractivity contribution in [2.24, 2.45) is 0 Å².